The Balaban J connectivity index is 0.00000169. The summed E-state index contributed by atoms with van der Waals surface area (Å²) in [6.07, 6.45) is 0. The Morgan fingerprint density at radius 3 is 1.31 bits per heavy atom. The predicted molar refractivity (Wildman–Crippen MR) is 89.8 cm³/mol. The lowest BCUT2D eigenvalue weighted by atomic mass is 9.97. The van der Waals surface area contributed by atoms with Gasteiger partial charge in [0.2, 0.25) is 11.6 Å². The summed E-state index contributed by atoms with van der Waals surface area (Å²) in [6, 6.07) is 7.32. The Morgan fingerprint density at radius 2 is 1.04 bits per heavy atom. The summed E-state index contributed by atoms with van der Waals surface area (Å²) >= 11 is 0. The zero-order chi connectivity index (χ0) is 17.6. The summed E-state index contributed by atoms with van der Waals surface area (Å²) in [5, 5.41) is 21.8. The monoisotopic (exact) mass is 496 g/mol. The van der Waals surface area contributed by atoms with Gasteiger partial charge in [0.25, 0.3) is 0 Å². The van der Waals surface area contributed by atoms with Gasteiger partial charge in [-0.3, -0.25) is 0 Å². The Labute approximate surface area is 177 Å². The van der Waals surface area contributed by atoms with Crippen molar-refractivity contribution < 1.29 is 62.6 Å². The van der Waals surface area contributed by atoms with E-state index in [1.165, 1.54) is 0 Å². The van der Waals surface area contributed by atoms with Crippen LogP contribution in [-0.2, 0) is 21.0 Å². The highest BCUT2D eigenvalue weighted by Crippen LogP contribution is 2.33. The van der Waals surface area contributed by atoms with Gasteiger partial charge in [0.1, 0.15) is 26.2 Å². The van der Waals surface area contributed by atoms with Crippen molar-refractivity contribution in [1.29, 1.82) is 0 Å². The van der Waals surface area contributed by atoms with Crippen molar-refractivity contribution in [1.82, 2.24) is 0 Å². The lowest BCUT2D eigenvalue weighted by Crippen LogP contribution is -3.00. The molecule has 0 spiro atoms. The van der Waals surface area contributed by atoms with Crippen molar-refractivity contribution in [3.8, 4) is 0 Å². The van der Waals surface area contributed by atoms with E-state index in [0.29, 0.717) is 46.4 Å². The normalized spacial score (nSPS) is 32.8. The van der Waals surface area contributed by atoms with Crippen molar-refractivity contribution >= 4 is 0 Å². The van der Waals surface area contributed by atoms with Crippen LogP contribution < -0.4 is 34.0 Å². The van der Waals surface area contributed by atoms with Crippen LogP contribution in [0, 0.1) is 0 Å². The van der Waals surface area contributed by atoms with Crippen molar-refractivity contribution in [2.45, 2.75) is 11.6 Å². The molecule has 2 N–H and O–H groups in total. The molecule has 8 heteroatoms. The number of benzene rings is 1. The lowest BCUT2D eigenvalue weighted by molar-refractivity contribution is -0.912. The van der Waals surface area contributed by atoms with Crippen LogP contribution in [0.5, 0.6) is 0 Å². The molecule has 0 saturated carbocycles. The third-order valence-corrected chi connectivity index (χ3v) is 5.15. The first-order valence-corrected chi connectivity index (χ1v) is 8.52. The molecule has 0 aromatic heterocycles. The highest BCUT2D eigenvalue weighted by Gasteiger charge is 2.44. The maximum atomic E-state index is 10.9. The maximum absolute atomic E-state index is 10.9. The number of aliphatic hydroxyl groups is 2. The van der Waals surface area contributed by atoms with Crippen LogP contribution in [0.1, 0.15) is 11.1 Å². The molecule has 1 aromatic carbocycles. The quantitative estimate of drug-likeness (QED) is 0.400. The molecule has 1 aromatic rings. The molecule has 3 rings (SSSR count). The standard InChI is InChI=1S/C18H30N2O4.2BrH/c1-19(2)9-11-23-17(21,13-19)15-5-7-16(8-6-15)18(22)14-20(3,4)10-12-24-18;;/h5-8,21-22H,9-14H2,1-4H3;2*1H/q+2;;/p-2. The van der Waals surface area contributed by atoms with E-state index in [9.17, 15) is 10.2 Å². The number of likely N-dealkylation sites (N-methyl/N-ethyl adjacent to an activating group) is 2. The number of ether oxygens (including phenoxy) is 2. The molecule has 2 aliphatic heterocycles. The highest BCUT2D eigenvalue weighted by atomic mass is 79.9. The van der Waals surface area contributed by atoms with Crippen molar-refractivity contribution in [2.75, 3.05) is 67.6 Å². The van der Waals surface area contributed by atoms with E-state index in [4.69, 9.17) is 9.47 Å². The van der Waals surface area contributed by atoms with E-state index < -0.39 is 11.6 Å². The molecule has 2 unspecified atom stereocenters. The van der Waals surface area contributed by atoms with Gasteiger partial charge in [0, 0.05) is 11.1 Å². The summed E-state index contributed by atoms with van der Waals surface area (Å²) in [5.41, 5.74) is 1.43. The van der Waals surface area contributed by atoms with Crippen molar-refractivity contribution in [2.24, 2.45) is 0 Å². The Kier molecular flexibility index (Phi) is 7.49. The molecule has 0 amide bonds. The van der Waals surface area contributed by atoms with Crippen LogP contribution in [0.2, 0.25) is 0 Å². The molecular formula is C18H30Br2N2O4. The average molecular weight is 498 g/mol. The van der Waals surface area contributed by atoms with Crippen molar-refractivity contribution in [3.63, 3.8) is 0 Å². The minimum Gasteiger partial charge on any atom is -1.00 e. The topological polar surface area (TPSA) is 58.9 Å². The van der Waals surface area contributed by atoms with E-state index >= 15 is 0 Å². The largest absolute Gasteiger partial charge is 1.00 e. The van der Waals surface area contributed by atoms with Gasteiger partial charge in [-0.15, -0.1) is 0 Å². The smallest absolute Gasteiger partial charge is 0.243 e. The summed E-state index contributed by atoms with van der Waals surface area (Å²) < 4.78 is 12.8. The lowest BCUT2D eigenvalue weighted by Gasteiger charge is -2.43. The second kappa shape index (κ2) is 8.13. The maximum Gasteiger partial charge on any atom is 0.243 e. The van der Waals surface area contributed by atoms with E-state index in [2.05, 4.69) is 28.2 Å². The predicted octanol–water partition coefficient (Wildman–Crippen LogP) is -5.80. The Morgan fingerprint density at radius 1 is 0.731 bits per heavy atom. The number of halogens is 2. The van der Waals surface area contributed by atoms with Crippen LogP contribution in [0.25, 0.3) is 0 Å². The first-order chi connectivity index (χ1) is 11.0. The zero-order valence-corrected chi connectivity index (χ0v) is 19.1. The van der Waals surface area contributed by atoms with Crippen LogP contribution in [0.15, 0.2) is 24.3 Å². The molecule has 0 aliphatic carbocycles. The molecule has 2 fully saturated rings. The fourth-order valence-corrected chi connectivity index (χ4v) is 3.67. The third-order valence-electron chi connectivity index (χ3n) is 5.15. The van der Waals surface area contributed by atoms with Crippen molar-refractivity contribution in [3.05, 3.63) is 35.4 Å². The average Bonchev–Trinajstić information content (AvgIpc) is 2.45. The van der Waals surface area contributed by atoms with Gasteiger partial charge in [-0.2, -0.15) is 0 Å². The molecule has 150 valence electrons. The molecule has 2 heterocycles. The van der Waals surface area contributed by atoms with Gasteiger partial charge < -0.3 is 62.6 Å². The van der Waals surface area contributed by atoms with Gasteiger partial charge in [-0.05, 0) is 0 Å². The minimum atomic E-state index is -1.29. The van der Waals surface area contributed by atoms with E-state index in [1.807, 2.05) is 24.3 Å². The molecule has 0 bridgehead atoms. The molecule has 2 atom stereocenters. The van der Waals surface area contributed by atoms with Gasteiger partial charge in [-0.25, -0.2) is 0 Å². The summed E-state index contributed by atoms with van der Waals surface area (Å²) in [4.78, 5) is 0. The summed E-state index contributed by atoms with van der Waals surface area (Å²) in [7, 11) is 8.34. The summed E-state index contributed by atoms with van der Waals surface area (Å²) in [6.45, 7) is 3.78. The van der Waals surface area contributed by atoms with Gasteiger partial charge in [0.15, 0.2) is 0 Å². The molecule has 6 nitrogen and oxygen atoms in total. The second-order valence-electron chi connectivity index (χ2n) is 8.48. The van der Waals surface area contributed by atoms with E-state index in [-0.39, 0.29) is 34.0 Å². The van der Waals surface area contributed by atoms with E-state index in [0.717, 1.165) is 13.1 Å². The van der Waals surface area contributed by atoms with Crippen LogP contribution in [0.3, 0.4) is 0 Å². The first kappa shape index (κ1) is 24.0. The minimum absolute atomic E-state index is 0. The zero-order valence-electron chi connectivity index (χ0n) is 15.9. The fourth-order valence-electron chi connectivity index (χ4n) is 3.67. The second-order valence-corrected chi connectivity index (χ2v) is 8.48. The number of quaternary nitrogens is 2. The van der Waals surface area contributed by atoms with Crippen LogP contribution in [-0.4, -0.2) is 86.8 Å². The van der Waals surface area contributed by atoms with Gasteiger partial charge >= 0.3 is 0 Å². The highest BCUT2D eigenvalue weighted by molar-refractivity contribution is 5.29. The van der Waals surface area contributed by atoms with Crippen LogP contribution >= 0.6 is 0 Å². The SMILES string of the molecule is C[N+]1(C)CCOC(O)(c2ccc(C3(O)C[N+](C)(C)CCO3)cc2)C1.[Br-].[Br-]. The molecular weight excluding hydrogens is 468 g/mol. The Hall–Kier alpha value is -0.0600. The molecule has 2 aliphatic rings. The Bertz CT molecular complexity index is 559. The van der Waals surface area contributed by atoms with Gasteiger partial charge in [-0.1, -0.05) is 24.3 Å². The summed E-state index contributed by atoms with van der Waals surface area (Å²) in [5.74, 6) is -2.57. The third kappa shape index (κ3) is 5.05. The van der Waals surface area contributed by atoms with Crippen LogP contribution in [0.4, 0.5) is 0 Å². The van der Waals surface area contributed by atoms with E-state index in [1.54, 1.807) is 0 Å². The van der Waals surface area contributed by atoms with Gasteiger partial charge in [0.05, 0.1) is 41.4 Å². The number of rotatable bonds is 2. The molecule has 0 radical (unpaired) electrons. The number of nitrogens with zero attached hydrogens (tertiary/aromatic N) is 2. The number of hydrogen-bond donors (Lipinski definition) is 2. The number of hydrogen-bond acceptors (Lipinski definition) is 4. The molecule has 26 heavy (non-hydrogen) atoms. The number of morpholine rings is 2. The molecule has 2 saturated heterocycles. The first-order valence-electron chi connectivity index (χ1n) is 8.52. The fraction of sp³-hybridized carbons (Fsp3) is 0.667.